The van der Waals surface area contributed by atoms with Crippen molar-refractivity contribution in [2.24, 2.45) is 10.9 Å². The molecule has 1 fully saturated rings. The first-order valence-electron chi connectivity index (χ1n) is 9.84. The highest BCUT2D eigenvalue weighted by atomic mass is 16.3. The maximum Gasteiger partial charge on any atom is 0.226 e. The molecule has 1 aromatic carbocycles. The lowest BCUT2D eigenvalue weighted by atomic mass is 9.97. The van der Waals surface area contributed by atoms with Crippen LogP contribution >= 0.6 is 0 Å². The number of nitrogens with one attached hydrogen (secondary N) is 2. The first kappa shape index (κ1) is 19.4. The fraction of sp³-hybridized carbons (Fsp3) is 0.524. The number of aliphatic imine (C=N–C) groups is 1. The summed E-state index contributed by atoms with van der Waals surface area (Å²) in [4.78, 5) is 11.4. The molecule has 0 radical (unpaired) electrons. The van der Waals surface area contributed by atoms with E-state index in [1.54, 1.807) is 13.3 Å². The van der Waals surface area contributed by atoms with E-state index < -0.39 is 0 Å². The van der Waals surface area contributed by atoms with Crippen LogP contribution in [0.1, 0.15) is 32.4 Å². The Bertz CT molecular complexity index is 725. The minimum Gasteiger partial charge on any atom is -0.444 e. The largest absolute Gasteiger partial charge is 0.444 e. The normalized spacial score (nSPS) is 18.7. The van der Waals surface area contributed by atoms with Crippen LogP contribution in [0, 0.1) is 5.92 Å². The van der Waals surface area contributed by atoms with Crippen LogP contribution in [-0.4, -0.2) is 48.6 Å². The van der Waals surface area contributed by atoms with Crippen molar-refractivity contribution in [3.8, 4) is 11.5 Å². The molecule has 1 aliphatic heterocycles. The maximum atomic E-state index is 5.59. The molecule has 27 heavy (non-hydrogen) atoms. The van der Waals surface area contributed by atoms with Gasteiger partial charge in [0.15, 0.2) is 5.96 Å². The van der Waals surface area contributed by atoms with E-state index in [9.17, 15) is 0 Å². The second kappa shape index (κ2) is 9.55. The van der Waals surface area contributed by atoms with Crippen LogP contribution in [0.25, 0.3) is 11.5 Å². The average Bonchev–Trinajstić information content (AvgIpc) is 3.18. The van der Waals surface area contributed by atoms with Crippen LogP contribution in [0.5, 0.6) is 0 Å². The third kappa shape index (κ3) is 5.57. The van der Waals surface area contributed by atoms with Crippen molar-refractivity contribution in [3.05, 3.63) is 42.3 Å². The highest BCUT2D eigenvalue weighted by Gasteiger charge is 2.21. The van der Waals surface area contributed by atoms with E-state index in [2.05, 4.69) is 39.4 Å². The van der Waals surface area contributed by atoms with E-state index in [0.29, 0.717) is 24.4 Å². The topological polar surface area (TPSA) is 65.7 Å². The van der Waals surface area contributed by atoms with Gasteiger partial charge in [-0.05, 0) is 51.3 Å². The standard InChI is InChI=1S/C21H31N5O/c1-16(2)26-11-7-8-17(14-26)12-23-21(22-3)24-13-19-15-27-20(25-19)18-9-5-4-6-10-18/h4-6,9-10,15-17H,7-8,11-14H2,1-3H3,(H2,22,23,24). The van der Waals surface area contributed by atoms with E-state index in [1.165, 1.54) is 19.4 Å². The molecule has 6 nitrogen and oxygen atoms in total. The molecule has 1 atom stereocenters. The molecule has 146 valence electrons. The van der Waals surface area contributed by atoms with Gasteiger partial charge < -0.3 is 20.0 Å². The SMILES string of the molecule is CN=C(NCc1coc(-c2ccccc2)n1)NCC1CCCN(C(C)C)C1. The number of hydrogen-bond acceptors (Lipinski definition) is 4. The van der Waals surface area contributed by atoms with Gasteiger partial charge in [0.1, 0.15) is 6.26 Å². The van der Waals surface area contributed by atoms with Crippen LogP contribution < -0.4 is 10.6 Å². The van der Waals surface area contributed by atoms with Crippen LogP contribution in [0.15, 0.2) is 46.0 Å². The highest BCUT2D eigenvalue weighted by molar-refractivity contribution is 5.79. The monoisotopic (exact) mass is 369 g/mol. The number of benzene rings is 1. The summed E-state index contributed by atoms with van der Waals surface area (Å²) in [5, 5.41) is 6.79. The molecule has 0 saturated carbocycles. The summed E-state index contributed by atoms with van der Waals surface area (Å²) >= 11 is 0. The van der Waals surface area contributed by atoms with Gasteiger partial charge in [-0.25, -0.2) is 4.98 Å². The Kier molecular flexibility index (Phi) is 6.87. The molecule has 2 N–H and O–H groups in total. The van der Waals surface area contributed by atoms with E-state index >= 15 is 0 Å². The third-order valence-electron chi connectivity index (χ3n) is 5.07. The minimum atomic E-state index is 0.582. The lowest BCUT2D eigenvalue weighted by Crippen LogP contribution is -2.46. The second-order valence-electron chi connectivity index (χ2n) is 7.41. The molecule has 0 spiro atoms. The molecule has 0 bridgehead atoms. The summed E-state index contributed by atoms with van der Waals surface area (Å²) in [6.07, 6.45) is 4.25. The Morgan fingerprint density at radius 2 is 2.11 bits per heavy atom. The zero-order valence-corrected chi connectivity index (χ0v) is 16.6. The van der Waals surface area contributed by atoms with Gasteiger partial charge in [-0.3, -0.25) is 4.99 Å². The first-order chi connectivity index (χ1) is 13.2. The molecule has 1 unspecified atom stereocenters. The Morgan fingerprint density at radius 1 is 1.30 bits per heavy atom. The van der Waals surface area contributed by atoms with E-state index in [0.717, 1.165) is 30.3 Å². The number of nitrogens with zero attached hydrogens (tertiary/aromatic N) is 3. The number of guanidine groups is 1. The fourth-order valence-electron chi connectivity index (χ4n) is 3.47. The van der Waals surface area contributed by atoms with E-state index in [4.69, 9.17) is 4.42 Å². The third-order valence-corrected chi connectivity index (χ3v) is 5.07. The van der Waals surface area contributed by atoms with Crippen LogP contribution in [-0.2, 0) is 6.54 Å². The zero-order chi connectivity index (χ0) is 19.1. The first-order valence-corrected chi connectivity index (χ1v) is 9.84. The lowest BCUT2D eigenvalue weighted by molar-refractivity contribution is 0.141. The van der Waals surface area contributed by atoms with Crippen molar-refractivity contribution in [3.63, 3.8) is 0 Å². The molecule has 1 aliphatic rings. The van der Waals surface area contributed by atoms with E-state index in [1.807, 2.05) is 30.3 Å². The van der Waals surface area contributed by atoms with Crippen LogP contribution in [0.4, 0.5) is 0 Å². The smallest absolute Gasteiger partial charge is 0.226 e. The molecule has 1 aromatic heterocycles. The van der Waals surface area contributed by atoms with Gasteiger partial charge in [-0.1, -0.05) is 18.2 Å². The number of hydrogen-bond donors (Lipinski definition) is 2. The molecular formula is C21H31N5O. The summed E-state index contributed by atoms with van der Waals surface area (Å²) in [6.45, 7) is 8.45. The predicted molar refractivity (Wildman–Crippen MR) is 110 cm³/mol. The van der Waals surface area contributed by atoms with Crippen molar-refractivity contribution in [2.45, 2.75) is 39.3 Å². The van der Waals surface area contributed by atoms with E-state index in [-0.39, 0.29) is 0 Å². The number of likely N-dealkylation sites (tertiary alicyclic amines) is 1. The van der Waals surface area contributed by atoms with Gasteiger partial charge in [0.25, 0.3) is 0 Å². The quantitative estimate of drug-likeness (QED) is 0.605. The number of rotatable bonds is 6. The summed E-state index contributed by atoms with van der Waals surface area (Å²) in [5.41, 5.74) is 1.85. The van der Waals surface area contributed by atoms with Crippen molar-refractivity contribution in [2.75, 3.05) is 26.7 Å². The lowest BCUT2D eigenvalue weighted by Gasteiger charge is -2.35. The summed E-state index contributed by atoms with van der Waals surface area (Å²) < 4.78 is 5.59. The fourth-order valence-corrected chi connectivity index (χ4v) is 3.47. The number of aromatic nitrogens is 1. The minimum absolute atomic E-state index is 0.582. The Balaban J connectivity index is 1.46. The van der Waals surface area contributed by atoms with Crippen LogP contribution in [0.3, 0.4) is 0 Å². The summed E-state index contributed by atoms with van der Waals surface area (Å²) in [5.74, 6) is 2.11. The molecule has 6 heteroatoms. The average molecular weight is 370 g/mol. The molecule has 3 rings (SSSR count). The molecule has 0 amide bonds. The summed E-state index contributed by atoms with van der Waals surface area (Å²) in [6, 6.07) is 10.6. The molecule has 0 aliphatic carbocycles. The number of piperidine rings is 1. The molecule has 2 aromatic rings. The van der Waals surface area contributed by atoms with Gasteiger partial charge in [0, 0.05) is 31.7 Å². The van der Waals surface area contributed by atoms with Crippen molar-refractivity contribution >= 4 is 5.96 Å². The van der Waals surface area contributed by atoms with Gasteiger partial charge in [0.05, 0.1) is 12.2 Å². The molecule has 1 saturated heterocycles. The Hall–Kier alpha value is -2.34. The van der Waals surface area contributed by atoms with Gasteiger partial charge >= 0.3 is 0 Å². The Labute approximate surface area is 162 Å². The van der Waals surface area contributed by atoms with Crippen LogP contribution in [0.2, 0.25) is 0 Å². The predicted octanol–water partition coefficient (Wildman–Crippen LogP) is 3.13. The maximum absolute atomic E-state index is 5.59. The highest BCUT2D eigenvalue weighted by Crippen LogP contribution is 2.18. The Morgan fingerprint density at radius 3 is 2.85 bits per heavy atom. The van der Waals surface area contributed by atoms with Gasteiger partial charge in [-0.2, -0.15) is 0 Å². The van der Waals surface area contributed by atoms with Crippen molar-refractivity contribution in [1.29, 1.82) is 0 Å². The van der Waals surface area contributed by atoms with Crippen molar-refractivity contribution < 1.29 is 4.42 Å². The van der Waals surface area contributed by atoms with Gasteiger partial charge in [0.2, 0.25) is 5.89 Å². The molecular weight excluding hydrogens is 338 g/mol. The zero-order valence-electron chi connectivity index (χ0n) is 16.6. The second-order valence-corrected chi connectivity index (χ2v) is 7.41. The molecule has 2 heterocycles. The summed E-state index contributed by atoms with van der Waals surface area (Å²) in [7, 11) is 1.80. The van der Waals surface area contributed by atoms with Gasteiger partial charge in [-0.15, -0.1) is 0 Å². The number of oxazole rings is 1. The van der Waals surface area contributed by atoms with Crippen molar-refractivity contribution in [1.82, 2.24) is 20.5 Å².